The molecule has 3 aromatic rings. The molecule has 5 rings (SSSR count). The van der Waals surface area contributed by atoms with Gasteiger partial charge in [0.1, 0.15) is 0 Å². The van der Waals surface area contributed by atoms with Crippen molar-refractivity contribution in [2.24, 2.45) is 5.92 Å². The molecule has 3 heterocycles. The molecule has 0 radical (unpaired) electrons. The molecular formula is C23H25F3N6O. The van der Waals surface area contributed by atoms with E-state index in [0.717, 1.165) is 29.7 Å². The Kier molecular flexibility index (Phi) is 5.79. The number of amides is 1. The smallest absolute Gasteiger partial charge is 0.297 e. The SMILES string of the molecule is O=C(Nc1nc2cccc(-c3ccc(CN4CCN(CC(F)(F)F)CC4)cc3)n2n1)C1CC1. The Morgan fingerprint density at radius 3 is 2.36 bits per heavy atom. The van der Waals surface area contributed by atoms with Crippen LogP contribution in [0.2, 0.25) is 0 Å². The molecule has 2 fully saturated rings. The van der Waals surface area contributed by atoms with Gasteiger partial charge in [-0.05, 0) is 30.5 Å². The van der Waals surface area contributed by atoms with Crippen LogP contribution in [0.15, 0.2) is 42.5 Å². The van der Waals surface area contributed by atoms with Gasteiger partial charge in [0.05, 0.1) is 12.2 Å². The highest BCUT2D eigenvalue weighted by Crippen LogP contribution is 2.30. The lowest BCUT2D eigenvalue weighted by atomic mass is 10.1. The highest BCUT2D eigenvalue weighted by molar-refractivity contribution is 5.92. The van der Waals surface area contributed by atoms with Crippen LogP contribution in [0.3, 0.4) is 0 Å². The molecule has 0 unspecified atom stereocenters. The molecule has 1 amide bonds. The Morgan fingerprint density at radius 1 is 1.00 bits per heavy atom. The van der Waals surface area contributed by atoms with Crippen molar-refractivity contribution in [1.82, 2.24) is 24.4 Å². The quantitative estimate of drug-likeness (QED) is 0.613. The number of carbonyl (C=O) groups excluding carboxylic acids is 1. The second-order valence-corrected chi connectivity index (χ2v) is 8.74. The van der Waals surface area contributed by atoms with Crippen molar-refractivity contribution < 1.29 is 18.0 Å². The monoisotopic (exact) mass is 458 g/mol. The van der Waals surface area contributed by atoms with Crippen LogP contribution in [0.4, 0.5) is 19.1 Å². The lowest BCUT2D eigenvalue weighted by molar-refractivity contribution is -0.149. The van der Waals surface area contributed by atoms with Gasteiger partial charge < -0.3 is 0 Å². The first-order chi connectivity index (χ1) is 15.8. The van der Waals surface area contributed by atoms with E-state index >= 15 is 0 Å². The number of hydrogen-bond donors (Lipinski definition) is 1. The number of pyridine rings is 1. The number of nitrogens with one attached hydrogen (secondary N) is 1. The summed E-state index contributed by atoms with van der Waals surface area (Å²) < 4.78 is 39.4. The van der Waals surface area contributed by atoms with E-state index in [4.69, 9.17) is 0 Å². The summed E-state index contributed by atoms with van der Waals surface area (Å²) in [6.45, 7) is 1.94. The highest BCUT2D eigenvalue weighted by Gasteiger charge is 2.32. The van der Waals surface area contributed by atoms with Crippen molar-refractivity contribution >= 4 is 17.5 Å². The van der Waals surface area contributed by atoms with E-state index in [1.54, 1.807) is 4.52 Å². The third kappa shape index (κ3) is 5.33. The number of halogens is 3. The minimum Gasteiger partial charge on any atom is -0.297 e. The van der Waals surface area contributed by atoms with Crippen LogP contribution in [0.5, 0.6) is 0 Å². The number of piperazine rings is 1. The summed E-state index contributed by atoms with van der Waals surface area (Å²) in [6, 6.07) is 13.8. The molecule has 0 bridgehead atoms. The van der Waals surface area contributed by atoms with E-state index in [0.29, 0.717) is 44.3 Å². The summed E-state index contributed by atoms with van der Waals surface area (Å²) in [4.78, 5) is 20.1. The number of benzene rings is 1. The molecule has 1 saturated carbocycles. The van der Waals surface area contributed by atoms with Gasteiger partial charge in [0, 0.05) is 44.2 Å². The molecule has 7 nitrogen and oxygen atoms in total. The molecule has 1 aromatic carbocycles. The average molecular weight is 458 g/mol. The molecule has 174 valence electrons. The second kappa shape index (κ2) is 8.75. The summed E-state index contributed by atoms with van der Waals surface area (Å²) in [6.07, 6.45) is -2.31. The van der Waals surface area contributed by atoms with Crippen LogP contribution in [-0.4, -0.2) is 69.2 Å². The zero-order valence-corrected chi connectivity index (χ0v) is 18.1. The van der Waals surface area contributed by atoms with Crippen molar-refractivity contribution in [2.45, 2.75) is 25.6 Å². The molecule has 2 aliphatic rings. The zero-order valence-electron chi connectivity index (χ0n) is 18.1. The Labute approximate surface area is 189 Å². The van der Waals surface area contributed by atoms with Gasteiger partial charge >= 0.3 is 6.18 Å². The number of fused-ring (bicyclic) bond motifs is 1. The predicted molar refractivity (Wildman–Crippen MR) is 118 cm³/mol. The van der Waals surface area contributed by atoms with Gasteiger partial charge in [-0.1, -0.05) is 30.3 Å². The van der Waals surface area contributed by atoms with Gasteiger partial charge in [0.15, 0.2) is 5.65 Å². The number of hydrogen-bond acceptors (Lipinski definition) is 5. The van der Waals surface area contributed by atoms with Crippen molar-refractivity contribution in [3.63, 3.8) is 0 Å². The predicted octanol–water partition coefficient (Wildman–Crippen LogP) is 3.42. The maximum Gasteiger partial charge on any atom is 0.401 e. The number of aromatic nitrogens is 3. The van der Waals surface area contributed by atoms with Gasteiger partial charge in [-0.15, -0.1) is 5.10 Å². The molecule has 33 heavy (non-hydrogen) atoms. The molecule has 1 saturated heterocycles. The van der Waals surface area contributed by atoms with E-state index in [2.05, 4.69) is 20.3 Å². The number of carbonyl (C=O) groups is 1. The van der Waals surface area contributed by atoms with E-state index in [-0.39, 0.29) is 11.8 Å². The molecule has 0 spiro atoms. The normalized spacial score (nSPS) is 18.0. The Balaban J connectivity index is 1.24. The fourth-order valence-electron chi connectivity index (χ4n) is 4.13. The summed E-state index contributed by atoms with van der Waals surface area (Å²) in [7, 11) is 0. The van der Waals surface area contributed by atoms with Gasteiger partial charge in [-0.3, -0.25) is 19.9 Å². The Morgan fingerprint density at radius 2 is 1.70 bits per heavy atom. The summed E-state index contributed by atoms with van der Waals surface area (Å²) in [5, 5.41) is 7.26. The lowest BCUT2D eigenvalue weighted by Crippen LogP contribution is -2.48. The second-order valence-electron chi connectivity index (χ2n) is 8.74. The topological polar surface area (TPSA) is 65.8 Å². The van der Waals surface area contributed by atoms with Gasteiger partial charge in [0.25, 0.3) is 0 Å². The van der Waals surface area contributed by atoms with E-state index in [9.17, 15) is 18.0 Å². The summed E-state index contributed by atoms with van der Waals surface area (Å²) in [5.41, 5.74) is 3.58. The van der Waals surface area contributed by atoms with Crippen LogP contribution in [0.25, 0.3) is 16.9 Å². The number of rotatable bonds is 6. The lowest BCUT2D eigenvalue weighted by Gasteiger charge is -2.35. The molecule has 1 N–H and O–H groups in total. The number of nitrogens with zero attached hydrogens (tertiary/aromatic N) is 5. The van der Waals surface area contributed by atoms with Gasteiger partial charge in [-0.2, -0.15) is 18.2 Å². The summed E-state index contributed by atoms with van der Waals surface area (Å²) in [5.74, 6) is 0.355. The standard InChI is InChI=1S/C23H25F3N6O/c24-23(25,26)15-31-12-10-30(11-13-31)14-16-4-6-17(7-5-16)19-2-1-3-20-27-22(29-32(19)20)28-21(33)18-8-9-18/h1-7,18H,8-15H2,(H,28,29,33). The minimum atomic E-state index is -4.14. The first-order valence-electron chi connectivity index (χ1n) is 11.1. The first kappa shape index (κ1) is 21.8. The number of alkyl halides is 3. The molecular weight excluding hydrogens is 433 g/mol. The fraction of sp³-hybridized carbons (Fsp3) is 0.435. The first-order valence-corrected chi connectivity index (χ1v) is 11.1. The maximum atomic E-state index is 12.6. The third-order valence-corrected chi connectivity index (χ3v) is 6.07. The van der Waals surface area contributed by atoms with Crippen LogP contribution in [0.1, 0.15) is 18.4 Å². The third-order valence-electron chi connectivity index (χ3n) is 6.07. The van der Waals surface area contributed by atoms with Crippen LogP contribution in [-0.2, 0) is 11.3 Å². The van der Waals surface area contributed by atoms with E-state index in [1.807, 2.05) is 42.5 Å². The number of anilines is 1. The Hall–Kier alpha value is -2.98. The fourth-order valence-corrected chi connectivity index (χ4v) is 4.13. The summed E-state index contributed by atoms with van der Waals surface area (Å²) >= 11 is 0. The molecule has 0 atom stereocenters. The van der Waals surface area contributed by atoms with Crippen LogP contribution in [0, 0.1) is 5.92 Å². The zero-order chi connectivity index (χ0) is 23.0. The average Bonchev–Trinajstić information content (AvgIpc) is 3.55. The van der Waals surface area contributed by atoms with Crippen molar-refractivity contribution in [3.05, 3.63) is 48.0 Å². The largest absolute Gasteiger partial charge is 0.401 e. The maximum absolute atomic E-state index is 12.6. The van der Waals surface area contributed by atoms with Gasteiger partial charge in [0.2, 0.25) is 11.9 Å². The molecule has 2 aromatic heterocycles. The van der Waals surface area contributed by atoms with E-state index in [1.165, 1.54) is 4.90 Å². The highest BCUT2D eigenvalue weighted by atomic mass is 19.4. The van der Waals surface area contributed by atoms with Crippen molar-refractivity contribution in [3.8, 4) is 11.3 Å². The van der Waals surface area contributed by atoms with Crippen LogP contribution < -0.4 is 5.32 Å². The molecule has 10 heteroatoms. The van der Waals surface area contributed by atoms with Crippen molar-refractivity contribution in [2.75, 3.05) is 38.0 Å². The minimum absolute atomic E-state index is 0.0314. The van der Waals surface area contributed by atoms with Crippen molar-refractivity contribution in [1.29, 1.82) is 0 Å². The van der Waals surface area contributed by atoms with Gasteiger partial charge in [-0.25, -0.2) is 4.52 Å². The molecule has 1 aliphatic carbocycles. The van der Waals surface area contributed by atoms with E-state index < -0.39 is 12.7 Å². The molecule has 1 aliphatic heterocycles. The van der Waals surface area contributed by atoms with Crippen LogP contribution >= 0.6 is 0 Å². The Bertz CT molecular complexity index is 1130.